The summed E-state index contributed by atoms with van der Waals surface area (Å²) in [4.78, 5) is 2.68. The van der Waals surface area contributed by atoms with Crippen LogP contribution in [0.25, 0.3) is 0 Å². The quantitative estimate of drug-likeness (QED) is 0.747. The first-order valence-electron chi connectivity index (χ1n) is 6.65. The third kappa shape index (κ3) is 2.94. The van der Waals surface area contributed by atoms with Crippen molar-refractivity contribution in [2.75, 3.05) is 32.7 Å². The fourth-order valence-electron chi connectivity index (χ4n) is 2.89. The lowest BCUT2D eigenvalue weighted by atomic mass is 9.84. The van der Waals surface area contributed by atoms with E-state index >= 15 is 0 Å². The zero-order chi connectivity index (χ0) is 10.7. The van der Waals surface area contributed by atoms with Crippen LogP contribution in [0, 0.1) is 11.3 Å². The second-order valence-electron chi connectivity index (χ2n) is 5.86. The molecule has 1 saturated carbocycles. The molecule has 0 radical (unpaired) electrons. The summed E-state index contributed by atoms with van der Waals surface area (Å²) in [7, 11) is 0. The molecule has 1 heterocycles. The van der Waals surface area contributed by atoms with E-state index in [-0.39, 0.29) is 0 Å². The van der Waals surface area contributed by atoms with Crippen LogP contribution >= 0.6 is 0 Å². The van der Waals surface area contributed by atoms with Crippen LogP contribution in [0.5, 0.6) is 0 Å². The first-order valence-corrected chi connectivity index (χ1v) is 6.65. The zero-order valence-corrected chi connectivity index (χ0v) is 10.4. The molecule has 0 spiro atoms. The molecule has 1 atom stereocenters. The largest absolute Gasteiger partial charge is 0.316 e. The third-order valence-electron chi connectivity index (χ3n) is 4.25. The second kappa shape index (κ2) is 4.84. The van der Waals surface area contributed by atoms with Crippen molar-refractivity contribution in [2.45, 2.75) is 39.5 Å². The van der Waals surface area contributed by atoms with Crippen LogP contribution in [-0.2, 0) is 0 Å². The smallest absolute Gasteiger partial charge is 0.00480 e. The number of hydrogen-bond acceptors (Lipinski definition) is 2. The van der Waals surface area contributed by atoms with E-state index in [1.165, 1.54) is 58.4 Å². The third-order valence-corrected chi connectivity index (χ3v) is 4.25. The van der Waals surface area contributed by atoms with Crippen LogP contribution in [0.2, 0.25) is 0 Å². The summed E-state index contributed by atoms with van der Waals surface area (Å²) in [5, 5.41) is 3.50. The Kier molecular flexibility index (Phi) is 3.68. The molecular formula is C13H26N2. The lowest BCUT2D eigenvalue weighted by Crippen LogP contribution is -2.40. The van der Waals surface area contributed by atoms with Crippen LogP contribution in [0.4, 0.5) is 0 Å². The van der Waals surface area contributed by atoms with Crippen LogP contribution in [0.15, 0.2) is 0 Å². The first kappa shape index (κ1) is 11.4. The van der Waals surface area contributed by atoms with Gasteiger partial charge in [-0.15, -0.1) is 0 Å². The molecule has 0 aromatic carbocycles. The summed E-state index contributed by atoms with van der Waals surface area (Å²) in [6.45, 7) is 11.1. The summed E-state index contributed by atoms with van der Waals surface area (Å²) < 4.78 is 0. The lowest BCUT2D eigenvalue weighted by molar-refractivity contribution is 0.134. The molecule has 2 aliphatic rings. The molecule has 2 nitrogen and oxygen atoms in total. The minimum absolute atomic E-state index is 0.541. The predicted molar refractivity (Wildman–Crippen MR) is 65.0 cm³/mol. The second-order valence-corrected chi connectivity index (χ2v) is 5.86. The average Bonchev–Trinajstić information content (AvgIpc) is 2.57. The molecule has 88 valence electrons. The SMILES string of the molecule is CCN(CC1CCC1)CC1(C)CCNC1. The molecule has 1 aliphatic heterocycles. The number of nitrogens with one attached hydrogen (secondary N) is 1. The summed E-state index contributed by atoms with van der Waals surface area (Å²) in [6, 6.07) is 0. The molecule has 1 saturated heterocycles. The van der Waals surface area contributed by atoms with Crippen LogP contribution in [-0.4, -0.2) is 37.6 Å². The Balaban J connectivity index is 1.78. The van der Waals surface area contributed by atoms with Crippen molar-refractivity contribution >= 4 is 0 Å². The Morgan fingerprint density at radius 1 is 1.40 bits per heavy atom. The van der Waals surface area contributed by atoms with Gasteiger partial charge in [0.05, 0.1) is 0 Å². The maximum Gasteiger partial charge on any atom is 0.00480 e. The zero-order valence-electron chi connectivity index (χ0n) is 10.4. The van der Waals surface area contributed by atoms with Gasteiger partial charge in [0.2, 0.25) is 0 Å². The van der Waals surface area contributed by atoms with Gasteiger partial charge in [-0.05, 0) is 43.7 Å². The minimum Gasteiger partial charge on any atom is -0.316 e. The molecule has 2 rings (SSSR count). The van der Waals surface area contributed by atoms with E-state index in [0.717, 1.165) is 5.92 Å². The van der Waals surface area contributed by atoms with Crippen LogP contribution < -0.4 is 5.32 Å². The van der Waals surface area contributed by atoms with Crippen molar-refractivity contribution in [1.29, 1.82) is 0 Å². The van der Waals surface area contributed by atoms with Gasteiger partial charge in [0.25, 0.3) is 0 Å². The van der Waals surface area contributed by atoms with Gasteiger partial charge in [0, 0.05) is 19.6 Å². The van der Waals surface area contributed by atoms with Gasteiger partial charge < -0.3 is 10.2 Å². The van der Waals surface area contributed by atoms with Gasteiger partial charge >= 0.3 is 0 Å². The molecule has 1 aliphatic carbocycles. The molecular weight excluding hydrogens is 184 g/mol. The molecule has 0 aromatic rings. The highest BCUT2D eigenvalue weighted by atomic mass is 15.1. The van der Waals surface area contributed by atoms with Crippen LogP contribution in [0.3, 0.4) is 0 Å². The van der Waals surface area contributed by atoms with E-state index in [0.29, 0.717) is 5.41 Å². The molecule has 1 N–H and O–H groups in total. The highest BCUT2D eigenvalue weighted by Gasteiger charge is 2.31. The Bertz CT molecular complexity index is 193. The fraction of sp³-hybridized carbons (Fsp3) is 1.00. The Labute approximate surface area is 94.4 Å². The highest BCUT2D eigenvalue weighted by molar-refractivity contribution is 4.87. The number of rotatable bonds is 5. The maximum atomic E-state index is 3.50. The van der Waals surface area contributed by atoms with Gasteiger partial charge in [-0.2, -0.15) is 0 Å². The van der Waals surface area contributed by atoms with Gasteiger partial charge in [-0.3, -0.25) is 0 Å². The summed E-state index contributed by atoms with van der Waals surface area (Å²) in [6.07, 6.45) is 5.78. The molecule has 2 heteroatoms. The van der Waals surface area contributed by atoms with Gasteiger partial charge in [0.15, 0.2) is 0 Å². The lowest BCUT2D eigenvalue weighted by Gasteiger charge is -2.36. The summed E-state index contributed by atoms with van der Waals surface area (Å²) in [5.41, 5.74) is 0.541. The Hall–Kier alpha value is -0.0800. The van der Waals surface area contributed by atoms with Gasteiger partial charge in [0.1, 0.15) is 0 Å². The molecule has 0 amide bonds. The number of hydrogen-bond donors (Lipinski definition) is 1. The van der Waals surface area contributed by atoms with Crippen molar-refractivity contribution in [2.24, 2.45) is 11.3 Å². The Morgan fingerprint density at radius 3 is 2.67 bits per heavy atom. The van der Waals surface area contributed by atoms with E-state index in [1.807, 2.05) is 0 Å². The van der Waals surface area contributed by atoms with Gasteiger partial charge in [-0.25, -0.2) is 0 Å². The maximum absolute atomic E-state index is 3.50. The van der Waals surface area contributed by atoms with Crippen molar-refractivity contribution in [3.63, 3.8) is 0 Å². The van der Waals surface area contributed by atoms with Gasteiger partial charge in [-0.1, -0.05) is 20.3 Å². The van der Waals surface area contributed by atoms with Crippen molar-refractivity contribution in [1.82, 2.24) is 10.2 Å². The van der Waals surface area contributed by atoms with E-state index in [2.05, 4.69) is 24.1 Å². The monoisotopic (exact) mass is 210 g/mol. The van der Waals surface area contributed by atoms with Crippen molar-refractivity contribution in [3.8, 4) is 0 Å². The van der Waals surface area contributed by atoms with Crippen LogP contribution in [0.1, 0.15) is 39.5 Å². The molecule has 15 heavy (non-hydrogen) atoms. The molecule has 0 aromatic heterocycles. The summed E-state index contributed by atoms with van der Waals surface area (Å²) in [5.74, 6) is 1.02. The van der Waals surface area contributed by atoms with Crippen molar-refractivity contribution in [3.05, 3.63) is 0 Å². The standard InChI is InChI=1S/C13H26N2/c1-3-15(9-12-5-4-6-12)11-13(2)7-8-14-10-13/h12,14H,3-11H2,1-2H3. The van der Waals surface area contributed by atoms with E-state index < -0.39 is 0 Å². The highest BCUT2D eigenvalue weighted by Crippen LogP contribution is 2.30. The van der Waals surface area contributed by atoms with E-state index in [4.69, 9.17) is 0 Å². The molecule has 2 fully saturated rings. The number of nitrogens with zero attached hydrogens (tertiary/aromatic N) is 1. The summed E-state index contributed by atoms with van der Waals surface area (Å²) >= 11 is 0. The normalized spacial score (nSPS) is 32.2. The van der Waals surface area contributed by atoms with E-state index in [9.17, 15) is 0 Å². The fourth-order valence-corrected chi connectivity index (χ4v) is 2.89. The minimum atomic E-state index is 0.541. The first-order chi connectivity index (χ1) is 7.22. The van der Waals surface area contributed by atoms with Crippen molar-refractivity contribution < 1.29 is 0 Å². The predicted octanol–water partition coefficient (Wildman–Crippen LogP) is 2.11. The molecule has 0 bridgehead atoms. The van der Waals surface area contributed by atoms with E-state index in [1.54, 1.807) is 0 Å². The average molecular weight is 210 g/mol. The Morgan fingerprint density at radius 2 is 2.20 bits per heavy atom. The molecule has 1 unspecified atom stereocenters. The topological polar surface area (TPSA) is 15.3 Å².